The molecule has 42 heavy (non-hydrogen) atoms. The van der Waals surface area contributed by atoms with E-state index in [1.807, 2.05) is 0 Å². The summed E-state index contributed by atoms with van der Waals surface area (Å²) in [5.74, 6) is -1.06. The van der Waals surface area contributed by atoms with E-state index < -0.39 is 41.6 Å². The number of carbonyl (C=O) groups is 2. The van der Waals surface area contributed by atoms with Crippen molar-refractivity contribution in [2.24, 2.45) is 0 Å². The molecule has 0 amide bonds. The maximum absolute atomic E-state index is 13.8. The number of ketones is 2. The molecular weight excluding hydrogens is 602 g/mol. The van der Waals surface area contributed by atoms with Gasteiger partial charge in [-0.3, -0.25) is 18.7 Å². The Balaban J connectivity index is 0.00000242. The zero-order valence-corrected chi connectivity index (χ0v) is 28.7. The monoisotopic (exact) mass is 626 g/mol. The van der Waals surface area contributed by atoms with Gasteiger partial charge in [0.2, 0.25) is 0 Å². The van der Waals surface area contributed by atoms with Crippen molar-refractivity contribution < 1.29 is 97.5 Å². The van der Waals surface area contributed by atoms with E-state index in [1.165, 1.54) is 48.5 Å². The van der Waals surface area contributed by atoms with Gasteiger partial charge in [0, 0.05) is 11.1 Å². The van der Waals surface area contributed by atoms with Gasteiger partial charge in [0.1, 0.15) is 9.79 Å². The Bertz CT molecular complexity index is 1850. The van der Waals surface area contributed by atoms with Gasteiger partial charge in [-0.1, -0.05) is 36.4 Å². The van der Waals surface area contributed by atoms with E-state index in [2.05, 4.69) is 10.6 Å². The maximum atomic E-state index is 13.8. The Hall–Kier alpha value is -2.36. The van der Waals surface area contributed by atoms with Gasteiger partial charge in [-0.25, -0.2) is 0 Å². The summed E-state index contributed by atoms with van der Waals surface area (Å²) in [6, 6.07) is 17.6. The van der Waals surface area contributed by atoms with Crippen molar-refractivity contribution in [1.82, 2.24) is 0 Å². The fourth-order valence-electron chi connectivity index (χ4n) is 4.61. The summed E-state index contributed by atoms with van der Waals surface area (Å²) in [7, 11) is -9.30. The van der Waals surface area contributed by atoms with Crippen molar-refractivity contribution in [1.29, 1.82) is 0 Å². The largest absolute Gasteiger partial charge is 1.00 e. The molecule has 0 unspecified atom stereocenters. The van der Waals surface area contributed by atoms with Gasteiger partial charge in [0.15, 0.2) is 11.6 Å². The molecule has 0 spiro atoms. The average molecular weight is 627 g/mol. The number of aryl methyl sites for hydroxylation is 2. The Kier molecular flexibility index (Phi) is 10.3. The van der Waals surface area contributed by atoms with Gasteiger partial charge in [0.05, 0.1) is 33.9 Å². The number of hydrogen-bond donors (Lipinski definition) is 4. The minimum atomic E-state index is -4.65. The Morgan fingerprint density at radius 2 is 0.905 bits per heavy atom. The first kappa shape index (κ1) is 34.1. The van der Waals surface area contributed by atoms with E-state index in [9.17, 15) is 35.5 Å². The van der Waals surface area contributed by atoms with E-state index in [1.54, 1.807) is 38.1 Å². The van der Waals surface area contributed by atoms with Crippen LogP contribution in [0, 0.1) is 13.8 Å². The standard InChI is InChI=1S/C28H22N2O8S2.2Na.2H/c1-15-7-9-19(23(13-15)39(33,34)35)29-21-11-12-22(30-20-10-8-16(2)14-24(20)40(36,37)38)26-25(21)27(31)17-5-3-4-6-18(17)28(26)32;;;;/h3-14,29-30H,1-2H3,(H,33,34,35)(H,36,37,38);;;;/q;2*+1;2*-1. The zero-order valence-electron chi connectivity index (χ0n) is 25.1. The summed E-state index contributed by atoms with van der Waals surface area (Å²) < 4.78 is 67.9. The van der Waals surface area contributed by atoms with Crippen LogP contribution in [-0.2, 0) is 20.2 Å². The molecule has 10 nitrogen and oxygen atoms in total. The van der Waals surface area contributed by atoms with E-state index in [4.69, 9.17) is 0 Å². The number of rotatable bonds is 6. The molecule has 5 rings (SSSR count). The molecule has 0 bridgehead atoms. The molecule has 0 saturated heterocycles. The molecule has 0 fully saturated rings. The van der Waals surface area contributed by atoms with Crippen LogP contribution in [0.4, 0.5) is 22.7 Å². The molecule has 4 N–H and O–H groups in total. The summed E-state index contributed by atoms with van der Waals surface area (Å²) in [6.07, 6.45) is 0. The predicted octanol–water partition coefficient (Wildman–Crippen LogP) is -0.708. The number of fused-ring (bicyclic) bond motifs is 2. The second-order valence-corrected chi connectivity index (χ2v) is 12.1. The van der Waals surface area contributed by atoms with Gasteiger partial charge >= 0.3 is 59.1 Å². The summed E-state index contributed by atoms with van der Waals surface area (Å²) >= 11 is 0. The number of hydrogen-bond acceptors (Lipinski definition) is 8. The predicted molar refractivity (Wildman–Crippen MR) is 151 cm³/mol. The fraction of sp³-hybridized carbons (Fsp3) is 0.0714. The number of benzene rings is 4. The number of carbonyl (C=O) groups excluding carboxylic acids is 2. The molecule has 1 aliphatic rings. The van der Waals surface area contributed by atoms with E-state index in [-0.39, 0.29) is 107 Å². The van der Waals surface area contributed by atoms with Crippen molar-refractivity contribution >= 4 is 54.6 Å². The third kappa shape index (κ3) is 6.58. The third-order valence-electron chi connectivity index (χ3n) is 6.44. The minimum Gasteiger partial charge on any atom is -1.00 e. The second-order valence-electron chi connectivity index (χ2n) is 9.31. The average Bonchev–Trinajstić information content (AvgIpc) is 2.88. The van der Waals surface area contributed by atoms with Crippen LogP contribution in [0.1, 0.15) is 45.8 Å². The van der Waals surface area contributed by atoms with Gasteiger partial charge in [-0.05, 0) is 61.4 Å². The normalized spacial score (nSPS) is 12.4. The molecule has 14 heteroatoms. The molecule has 208 valence electrons. The molecule has 0 radical (unpaired) electrons. The zero-order chi connectivity index (χ0) is 29.0. The summed E-state index contributed by atoms with van der Waals surface area (Å²) in [6.45, 7) is 3.29. The Morgan fingerprint density at radius 1 is 0.571 bits per heavy atom. The molecule has 0 atom stereocenters. The number of nitrogens with one attached hydrogen (secondary N) is 2. The molecule has 0 aliphatic heterocycles. The van der Waals surface area contributed by atoms with E-state index >= 15 is 0 Å². The van der Waals surface area contributed by atoms with Gasteiger partial charge in [-0.15, -0.1) is 0 Å². The van der Waals surface area contributed by atoms with Crippen LogP contribution in [0.3, 0.4) is 0 Å². The molecule has 0 heterocycles. The first-order chi connectivity index (χ1) is 18.8. The summed E-state index contributed by atoms with van der Waals surface area (Å²) in [5.41, 5.74) is 1.33. The molecule has 0 saturated carbocycles. The van der Waals surface area contributed by atoms with Crippen LogP contribution in [0.5, 0.6) is 0 Å². The Labute approximate surface area is 290 Å². The smallest absolute Gasteiger partial charge is 1.00 e. The van der Waals surface area contributed by atoms with Crippen molar-refractivity contribution in [3.8, 4) is 0 Å². The van der Waals surface area contributed by atoms with Gasteiger partial charge in [0.25, 0.3) is 20.2 Å². The van der Waals surface area contributed by atoms with Crippen LogP contribution in [-0.4, -0.2) is 37.5 Å². The topological polar surface area (TPSA) is 167 Å². The second kappa shape index (κ2) is 12.7. The van der Waals surface area contributed by atoms with E-state index in [0.717, 1.165) is 0 Å². The first-order valence-corrected chi connectivity index (χ1v) is 14.7. The summed E-state index contributed by atoms with van der Waals surface area (Å²) in [4.78, 5) is 26.7. The van der Waals surface area contributed by atoms with Crippen LogP contribution in [0.2, 0.25) is 0 Å². The van der Waals surface area contributed by atoms with Crippen LogP contribution >= 0.6 is 0 Å². The van der Waals surface area contributed by atoms with Crippen LogP contribution in [0.15, 0.2) is 82.6 Å². The molecule has 4 aromatic carbocycles. The van der Waals surface area contributed by atoms with Crippen molar-refractivity contribution in [3.05, 3.63) is 106 Å². The van der Waals surface area contributed by atoms with Crippen molar-refractivity contribution in [2.45, 2.75) is 23.6 Å². The Morgan fingerprint density at radius 3 is 1.24 bits per heavy atom. The van der Waals surface area contributed by atoms with Crippen LogP contribution in [0.25, 0.3) is 0 Å². The van der Waals surface area contributed by atoms with E-state index in [0.29, 0.717) is 11.1 Å². The van der Waals surface area contributed by atoms with Crippen molar-refractivity contribution in [3.63, 3.8) is 0 Å². The molecule has 4 aromatic rings. The first-order valence-electron chi connectivity index (χ1n) is 11.8. The minimum absolute atomic E-state index is 0. The molecule has 1 aliphatic carbocycles. The quantitative estimate of drug-likeness (QED) is 0.140. The van der Waals surface area contributed by atoms with Crippen molar-refractivity contribution in [2.75, 3.05) is 10.6 Å². The molecule has 0 aromatic heterocycles. The molecular formula is C28H24N2Na2O8S2. The number of anilines is 4. The van der Waals surface area contributed by atoms with Gasteiger partial charge < -0.3 is 13.5 Å². The van der Waals surface area contributed by atoms with Crippen LogP contribution < -0.4 is 69.7 Å². The SMILES string of the molecule is Cc1ccc(Nc2ccc(Nc3ccc(C)cc3S(=O)(=O)O)c3c2C(=O)c2ccccc2C3=O)c(S(=O)(=O)O)c1.[H-].[H-].[Na+].[Na+]. The maximum Gasteiger partial charge on any atom is 1.00 e. The van der Waals surface area contributed by atoms with Gasteiger partial charge in [-0.2, -0.15) is 16.8 Å². The third-order valence-corrected chi connectivity index (χ3v) is 8.23. The fourth-order valence-corrected chi connectivity index (χ4v) is 6.08. The summed E-state index contributed by atoms with van der Waals surface area (Å²) in [5, 5.41) is 5.75.